The smallest absolute Gasteiger partial charge is 0.278 e. The lowest BCUT2D eigenvalue weighted by Gasteiger charge is -2.08. The van der Waals surface area contributed by atoms with Crippen molar-refractivity contribution < 1.29 is 4.92 Å². The second-order valence-corrected chi connectivity index (χ2v) is 6.98. The molecule has 106 valence electrons. The zero-order chi connectivity index (χ0) is 14.7. The number of aromatic nitrogens is 1. The number of hydrogen-bond acceptors (Lipinski definition) is 5. The van der Waals surface area contributed by atoms with Gasteiger partial charge in [0.15, 0.2) is 0 Å². The number of nitrogens with zero attached hydrogens (tertiary/aromatic N) is 2. The fourth-order valence-corrected chi connectivity index (χ4v) is 3.43. The second-order valence-electron chi connectivity index (χ2n) is 4.43. The van der Waals surface area contributed by atoms with Crippen LogP contribution in [0.1, 0.15) is 21.7 Å². The van der Waals surface area contributed by atoms with Crippen LogP contribution >= 0.6 is 27.3 Å². The number of hydrogen-bond donors (Lipinski definition) is 1. The van der Waals surface area contributed by atoms with Crippen LogP contribution in [0.2, 0.25) is 0 Å². The van der Waals surface area contributed by atoms with Gasteiger partial charge in [-0.15, -0.1) is 11.3 Å². The molecule has 0 fully saturated rings. The molecule has 0 unspecified atom stereocenters. The molecule has 1 N–H and O–H groups in total. The minimum Gasteiger partial charge on any atom is -0.306 e. The lowest BCUT2D eigenvalue weighted by Crippen LogP contribution is -2.15. The van der Waals surface area contributed by atoms with E-state index in [1.54, 1.807) is 31.4 Å². The summed E-state index contributed by atoms with van der Waals surface area (Å²) in [5, 5.41) is 14.3. The lowest BCUT2D eigenvalue weighted by atomic mass is 10.1. The number of thiophene rings is 1. The van der Waals surface area contributed by atoms with E-state index in [4.69, 9.17) is 0 Å². The van der Waals surface area contributed by atoms with E-state index in [0.717, 1.165) is 16.0 Å². The minimum absolute atomic E-state index is 0.163. The maximum absolute atomic E-state index is 11.0. The molecule has 20 heavy (non-hydrogen) atoms. The molecular weight excluding hydrogens is 342 g/mol. The number of aryl methyl sites for hydroxylation is 1. The summed E-state index contributed by atoms with van der Waals surface area (Å²) in [6, 6.07) is 4.04. The molecule has 0 saturated heterocycles. The average molecular weight is 356 g/mol. The number of nitrogens with one attached hydrogen (secondary N) is 1. The first-order chi connectivity index (χ1) is 9.49. The Hall–Kier alpha value is -1.31. The van der Waals surface area contributed by atoms with E-state index in [9.17, 15) is 10.1 Å². The van der Waals surface area contributed by atoms with Crippen LogP contribution in [0.15, 0.2) is 22.1 Å². The maximum atomic E-state index is 11.0. The van der Waals surface area contributed by atoms with Crippen molar-refractivity contribution in [3.05, 3.63) is 53.9 Å². The highest BCUT2D eigenvalue weighted by Gasteiger charge is 2.18. The summed E-state index contributed by atoms with van der Waals surface area (Å²) in [5.74, 6) is 0. The Labute approximate surface area is 129 Å². The van der Waals surface area contributed by atoms with Crippen LogP contribution in [0.3, 0.4) is 0 Å². The van der Waals surface area contributed by atoms with Gasteiger partial charge in [-0.1, -0.05) is 0 Å². The molecule has 7 heteroatoms. The van der Waals surface area contributed by atoms with Crippen molar-refractivity contribution in [2.45, 2.75) is 26.9 Å². The predicted octanol–water partition coefficient (Wildman–Crippen LogP) is 3.72. The van der Waals surface area contributed by atoms with Crippen LogP contribution < -0.4 is 5.32 Å². The SMILES string of the molecule is Cc1cnc(CNCc2ccc(Br)s2)c(C)c1[N+](=O)[O-]. The van der Waals surface area contributed by atoms with E-state index in [-0.39, 0.29) is 10.6 Å². The van der Waals surface area contributed by atoms with Crippen LogP contribution in [0.25, 0.3) is 0 Å². The van der Waals surface area contributed by atoms with Crippen LogP contribution in [0.5, 0.6) is 0 Å². The van der Waals surface area contributed by atoms with E-state index in [0.29, 0.717) is 17.7 Å². The van der Waals surface area contributed by atoms with Gasteiger partial charge in [-0.25, -0.2) is 0 Å². The molecule has 0 aliphatic heterocycles. The third-order valence-electron chi connectivity index (χ3n) is 2.98. The highest BCUT2D eigenvalue weighted by atomic mass is 79.9. The minimum atomic E-state index is -0.341. The van der Waals surface area contributed by atoms with Crippen molar-refractivity contribution in [3.8, 4) is 0 Å². The molecule has 0 spiro atoms. The molecule has 2 rings (SSSR count). The summed E-state index contributed by atoms with van der Waals surface area (Å²) in [6.45, 7) is 4.69. The van der Waals surface area contributed by atoms with Crippen LogP contribution in [0, 0.1) is 24.0 Å². The van der Waals surface area contributed by atoms with E-state index in [2.05, 4.69) is 26.2 Å². The van der Waals surface area contributed by atoms with Gasteiger partial charge in [-0.3, -0.25) is 15.1 Å². The molecule has 0 aliphatic rings. The summed E-state index contributed by atoms with van der Waals surface area (Å²) >= 11 is 5.08. The summed E-state index contributed by atoms with van der Waals surface area (Å²) < 4.78 is 1.09. The van der Waals surface area contributed by atoms with Crippen LogP contribution in [-0.2, 0) is 13.1 Å². The van der Waals surface area contributed by atoms with E-state index in [1.165, 1.54) is 4.88 Å². The topological polar surface area (TPSA) is 68.1 Å². The van der Waals surface area contributed by atoms with Gasteiger partial charge in [0.05, 0.1) is 14.4 Å². The summed E-state index contributed by atoms with van der Waals surface area (Å²) in [4.78, 5) is 16.2. The van der Waals surface area contributed by atoms with Gasteiger partial charge in [0.2, 0.25) is 0 Å². The van der Waals surface area contributed by atoms with Crippen LogP contribution in [0.4, 0.5) is 5.69 Å². The Morgan fingerprint density at radius 2 is 2.15 bits per heavy atom. The van der Waals surface area contributed by atoms with Crippen molar-refractivity contribution in [2.24, 2.45) is 0 Å². The maximum Gasteiger partial charge on any atom is 0.278 e. The van der Waals surface area contributed by atoms with Crippen molar-refractivity contribution in [2.75, 3.05) is 0 Å². The molecule has 0 aromatic carbocycles. The summed E-state index contributed by atoms with van der Waals surface area (Å²) in [7, 11) is 0. The molecule has 2 aromatic rings. The Kier molecular flexibility index (Phi) is 4.85. The number of nitro groups is 1. The van der Waals surface area contributed by atoms with Gasteiger partial charge in [-0.2, -0.15) is 0 Å². The van der Waals surface area contributed by atoms with Gasteiger partial charge in [-0.05, 0) is 41.9 Å². The first-order valence-corrected chi connectivity index (χ1v) is 7.64. The van der Waals surface area contributed by atoms with Gasteiger partial charge in [0.1, 0.15) is 0 Å². The number of rotatable bonds is 5. The standard InChI is InChI=1S/C13H14BrN3O2S/c1-8-5-16-11(9(2)13(8)17(18)19)7-15-6-10-3-4-12(14)20-10/h3-5,15H,6-7H2,1-2H3. The molecule has 2 aromatic heterocycles. The predicted molar refractivity (Wildman–Crippen MR) is 82.9 cm³/mol. The van der Waals surface area contributed by atoms with Gasteiger partial charge >= 0.3 is 0 Å². The highest BCUT2D eigenvalue weighted by molar-refractivity contribution is 9.11. The molecule has 0 saturated carbocycles. The quantitative estimate of drug-likeness (QED) is 0.655. The van der Waals surface area contributed by atoms with Gasteiger partial charge in [0, 0.05) is 35.3 Å². The molecular formula is C13H14BrN3O2S. The van der Waals surface area contributed by atoms with Crippen molar-refractivity contribution in [3.63, 3.8) is 0 Å². The summed E-state index contributed by atoms with van der Waals surface area (Å²) in [6.07, 6.45) is 1.56. The van der Waals surface area contributed by atoms with Crippen molar-refractivity contribution in [1.82, 2.24) is 10.3 Å². The third kappa shape index (κ3) is 3.41. The van der Waals surface area contributed by atoms with Crippen LogP contribution in [-0.4, -0.2) is 9.91 Å². The van der Waals surface area contributed by atoms with E-state index >= 15 is 0 Å². The molecule has 2 heterocycles. The highest BCUT2D eigenvalue weighted by Crippen LogP contribution is 2.24. The Bertz CT molecular complexity index is 643. The van der Waals surface area contributed by atoms with Crippen molar-refractivity contribution in [1.29, 1.82) is 0 Å². The Balaban J connectivity index is 2.06. The van der Waals surface area contributed by atoms with E-state index < -0.39 is 0 Å². The number of halogens is 1. The monoisotopic (exact) mass is 355 g/mol. The largest absolute Gasteiger partial charge is 0.306 e. The molecule has 0 atom stereocenters. The fraction of sp³-hybridized carbons (Fsp3) is 0.308. The fourth-order valence-electron chi connectivity index (χ4n) is 1.98. The summed E-state index contributed by atoms with van der Waals surface area (Å²) in [5.41, 5.74) is 2.11. The molecule has 0 amide bonds. The lowest BCUT2D eigenvalue weighted by molar-refractivity contribution is -0.386. The average Bonchev–Trinajstić information content (AvgIpc) is 2.77. The van der Waals surface area contributed by atoms with E-state index in [1.807, 2.05) is 12.1 Å². The molecule has 0 radical (unpaired) electrons. The zero-order valence-electron chi connectivity index (χ0n) is 11.1. The van der Waals surface area contributed by atoms with Crippen molar-refractivity contribution >= 4 is 33.0 Å². The normalized spacial score (nSPS) is 10.8. The second kappa shape index (κ2) is 6.43. The van der Waals surface area contributed by atoms with Gasteiger partial charge < -0.3 is 5.32 Å². The molecule has 0 bridgehead atoms. The Morgan fingerprint density at radius 3 is 2.75 bits per heavy atom. The molecule has 5 nitrogen and oxygen atoms in total. The van der Waals surface area contributed by atoms with Gasteiger partial charge in [0.25, 0.3) is 5.69 Å². The Morgan fingerprint density at radius 1 is 1.40 bits per heavy atom. The zero-order valence-corrected chi connectivity index (χ0v) is 13.5. The first-order valence-electron chi connectivity index (χ1n) is 6.03. The first kappa shape index (κ1) is 15.1. The third-order valence-corrected chi connectivity index (χ3v) is 4.60. The number of pyridine rings is 1. The molecule has 0 aliphatic carbocycles.